The van der Waals surface area contributed by atoms with Crippen LogP contribution in [0.3, 0.4) is 0 Å². The molecule has 1 unspecified atom stereocenters. The molecular formula is C23H23N3O. The molecule has 2 aromatic carbocycles. The third-order valence-electron chi connectivity index (χ3n) is 5.23. The Kier molecular flexibility index (Phi) is 6.23. The van der Waals surface area contributed by atoms with Crippen LogP contribution in [0.5, 0.6) is 0 Å². The molecule has 1 heterocycles. The molecule has 0 N–H and O–H groups in total. The highest BCUT2D eigenvalue weighted by Crippen LogP contribution is 2.28. The van der Waals surface area contributed by atoms with Crippen LogP contribution >= 0.6 is 0 Å². The first-order chi connectivity index (χ1) is 13.2. The zero-order chi connectivity index (χ0) is 19.1. The smallest absolute Gasteiger partial charge is 0.223 e. The highest BCUT2D eigenvalue weighted by molar-refractivity contribution is 5.77. The molecule has 1 aliphatic heterocycles. The number of carbonyl (C=O) groups excluding carboxylic acids is 1. The Hall–Kier alpha value is -3.11. The Morgan fingerprint density at radius 3 is 2.37 bits per heavy atom. The van der Waals surface area contributed by atoms with Crippen molar-refractivity contribution in [1.82, 2.24) is 4.90 Å². The Morgan fingerprint density at radius 2 is 1.70 bits per heavy atom. The van der Waals surface area contributed by atoms with Gasteiger partial charge in [0.2, 0.25) is 5.91 Å². The predicted octanol–water partition coefficient (Wildman–Crippen LogP) is 4.16. The molecule has 0 radical (unpaired) electrons. The molecule has 1 aliphatic rings. The zero-order valence-corrected chi connectivity index (χ0v) is 15.4. The number of likely N-dealkylation sites (tertiary alicyclic amines) is 1. The van der Waals surface area contributed by atoms with E-state index in [0.717, 1.165) is 49.9 Å². The summed E-state index contributed by atoms with van der Waals surface area (Å²) in [4.78, 5) is 14.7. The van der Waals surface area contributed by atoms with Crippen LogP contribution in [0.2, 0.25) is 0 Å². The summed E-state index contributed by atoms with van der Waals surface area (Å²) in [6, 6.07) is 19.5. The molecule has 27 heavy (non-hydrogen) atoms. The topological polar surface area (TPSA) is 67.9 Å². The van der Waals surface area contributed by atoms with Crippen LogP contribution in [0.25, 0.3) is 0 Å². The molecule has 0 spiro atoms. The lowest BCUT2D eigenvalue weighted by Gasteiger charge is -2.22. The molecule has 1 atom stereocenters. The molecule has 0 aromatic heterocycles. The third kappa shape index (κ3) is 4.96. The van der Waals surface area contributed by atoms with E-state index in [1.165, 1.54) is 0 Å². The minimum absolute atomic E-state index is 0.0852. The van der Waals surface area contributed by atoms with E-state index in [-0.39, 0.29) is 11.8 Å². The number of hydrogen-bond acceptors (Lipinski definition) is 3. The van der Waals surface area contributed by atoms with E-state index in [1.807, 2.05) is 47.4 Å². The van der Waals surface area contributed by atoms with Crippen molar-refractivity contribution in [3.05, 3.63) is 70.8 Å². The summed E-state index contributed by atoms with van der Waals surface area (Å²) in [5, 5.41) is 18.1. The van der Waals surface area contributed by atoms with Crippen LogP contribution in [0, 0.1) is 22.7 Å². The van der Waals surface area contributed by atoms with E-state index in [2.05, 4.69) is 12.1 Å². The number of nitriles is 2. The number of hydrogen-bond donors (Lipinski definition) is 0. The minimum Gasteiger partial charge on any atom is -0.343 e. The van der Waals surface area contributed by atoms with Gasteiger partial charge in [-0.3, -0.25) is 4.79 Å². The average molecular weight is 357 g/mol. The van der Waals surface area contributed by atoms with E-state index in [9.17, 15) is 10.1 Å². The van der Waals surface area contributed by atoms with Gasteiger partial charge in [0.1, 0.15) is 0 Å². The fourth-order valence-corrected chi connectivity index (χ4v) is 3.64. The van der Waals surface area contributed by atoms with Crippen molar-refractivity contribution in [2.24, 2.45) is 0 Å². The van der Waals surface area contributed by atoms with Crippen LogP contribution in [-0.4, -0.2) is 23.9 Å². The molecule has 4 nitrogen and oxygen atoms in total. The molecule has 1 saturated heterocycles. The van der Waals surface area contributed by atoms with Crippen molar-refractivity contribution in [3.8, 4) is 12.1 Å². The van der Waals surface area contributed by atoms with Crippen molar-refractivity contribution < 1.29 is 4.79 Å². The summed E-state index contributed by atoms with van der Waals surface area (Å²) in [5.74, 6) is 0.293. The Balaban J connectivity index is 1.74. The fraction of sp³-hybridized carbons (Fsp3) is 0.348. The quantitative estimate of drug-likeness (QED) is 0.779. The van der Waals surface area contributed by atoms with Gasteiger partial charge in [-0.1, -0.05) is 24.3 Å². The highest BCUT2D eigenvalue weighted by atomic mass is 16.2. The summed E-state index contributed by atoms with van der Waals surface area (Å²) in [7, 11) is 0. The van der Waals surface area contributed by atoms with Gasteiger partial charge >= 0.3 is 0 Å². The first-order valence-electron chi connectivity index (χ1n) is 9.46. The van der Waals surface area contributed by atoms with Crippen molar-refractivity contribution >= 4 is 5.91 Å². The summed E-state index contributed by atoms with van der Waals surface area (Å²) in [5.41, 5.74) is 3.49. The van der Waals surface area contributed by atoms with E-state index >= 15 is 0 Å². The highest BCUT2D eigenvalue weighted by Gasteiger charge is 2.23. The molecule has 3 rings (SSSR count). The maximum Gasteiger partial charge on any atom is 0.223 e. The van der Waals surface area contributed by atoms with Gasteiger partial charge in [-0.05, 0) is 67.0 Å². The maximum atomic E-state index is 12.7. The van der Waals surface area contributed by atoms with Crippen molar-refractivity contribution in [3.63, 3.8) is 0 Å². The molecule has 0 bridgehead atoms. The summed E-state index contributed by atoms with van der Waals surface area (Å²) in [6.45, 7) is 1.72. The van der Waals surface area contributed by atoms with Gasteiger partial charge < -0.3 is 4.90 Å². The number of aryl methyl sites for hydroxylation is 1. The van der Waals surface area contributed by atoms with Gasteiger partial charge in [-0.15, -0.1) is 0 Å². The average Bonchev–Trinajstić information content (AvgIpc) is 3.26. The van der Waals surface area contributed by atoms with E-state index in [1.54, 1.807) is 6.07 Å². The van der Waals surface area contributed by atoms with Gasteiger partial charge in [0.05, 0.1) is 23.3 Å². The summed E-state index contributed by atoms with van der Waals surface area (Å²) in [6.07, 6.45) is 4.32. The van der Waals surface area contributed by atoms with Gasteiger partial charge in [0.25, 0.3) is 0 Å². The second kappa shape index (κ2) is 9.01. The van der Waals surface area contributed by atoms with Crippen LogP contribution < -0.4 is 0 Å². The first-order valence-corrected chi connectivity index (χ1v) is 9.46. The second-order valence-electron chi connectivity index (χ2n) is 7.07. The van der Waals surface area contributed by atoms with Crippen LogP contribution in [0.4, 0.5) is 0 Å². The first kappa shape index (κ1) is 18.7. The molecule has 136 valence electrons. The SMILES string of the molecule is N#Cc1ccc(CCC(CC(=O)N2CCCC2)c2cccc(C#N)c2)cc1. The number of nitrogens with zero attached hydrogens (tertiary/aromatic N) is 3. The van der Waals surface area contributed by atoms with E-state index < -0.39 is 0 Å². The van der Waals surface area contributed by atoms with Gasteiger partial charge in [-0.2, -0.15) is 10.5 Å². The monoisotopic (exact) mass is 357 g/mol. The molecule has 1 amide bonds. The Bertz CT molecular complexity index is 868. The number of rotatable bonds is 6. The molecule has 1 fully saturated rings. The van der Waals surface area contributed by atoms with Crippen molar-refractivity contribution in [2.75, 3.05) is 13.1 Å². The van der Waals surface area contributed by atoms with Crippen molar-refractivity contribution in [1.29, 1.82) is 10.5 Å². The predicted molar refractivity (Wildman–Crippen MR) is 104 cm³/mol. The summed E-state index contributed by atoms with van der Waals surface area (Å²) >= 11 is 0. The molecule has 4 heteroatoms. The molecule has 0 aliphatic carbocycles. The van der Waals surface area contributed by atoms with E-state index in [0.29, 0.717) is 17.5 Å². The van der Waals surface area contributed by atoms with Gasteiger partial charge in [0, 0.05) is 19.5 Å². The second-order valence-corrected chi connectivity index (χ2v) is 7.07. The zero-order valence-electron chi connectivity index (χ0n) is 15.4. The van der Waals surface area contributed by atoms with Crippen LogP contribution in [0.1, 0.15) is 53.9 Å². The fourth-order valence-electron chi connectivity index (χ4n) is 3.64. The van der Waals surface area contributed by atoms with Gasteiger partial charge in [-0.25, -0.2) is 0 Å². The van der Waals surface area contributed by atoms with Crippen LogP contribution in [0.15, 0.2) is 48.5 Å². The Labute approximate surface area is 160 Å². The lowest BCUT2D eigenvalue weighted by Crippen LogP contribution is -2.29. The van der Waals surface area contributed by atoms with Crippen molar-refractivity contribution in [2.45, 2.75) is 38.0 Å². The Morgan fingerprint density at radius 1 is 1.00 bits per heavy atom. The molecular weight excluding hydrogens is 334 g/mol. The summed E-state index contributed by atoms with van der Waals surface area (Å²) < 4.78 is 0. The third-order valence-corrected chi connectivity index (χ3v) is 5.23. The minimum atomic E-state index is 0.0852. The number of carbonyl (C=O) groups is 1. The lowest BCUT2D eigenvalue weighted by molar-refractivity contribution is -0.130. The lowest BCUT2D eigenvalue weighted by atomic mass is 9.88. The van der Waals surface area contributed by atoms with Crippen LogP contribution in [-0.2, 0) is 11.2 Å². The molecule has 0 saturated carbocycles. The van der Waals surface area contributed by atoms with Gasteiger partial charge in [0.15, 0.2) is 0 Å². The number of benzene rings is 2. The molecule has 2 aromatic rings. The number of amides is 1. The maximum absolute atomic E-state index is 12.7. The normalized spacial score (nSPS) is 14.4. The van der Waals surface area contributed by atoms with E-state index in [4.69, 9.17) is 5.26 Å². The largest absolute Gasteiger partial charge is 0.343 e. The standard InChI is InChI=1S/C23H23N3O/c24-16-19-8-6-18(7-9-19)10-11-22(15-23(27)26-12-1-2-13-26)21-5-3-4-20(14-21)17-25/h3-9,14,22H,1-2,10-13,15H2.